The number of rotatable bonds is 3. The van der Waals surface area contributed by atoms with Crippen LogP contribution in [0.2, 0.25) is 0 Å². The molecule has 2 aromatic rings. The predicted octanol–water partition coefficient (Wildman–Crippen LogP) is 3.47. The van der Waals surface area contributed by atoms with Crippen LogP contribution in [0.1, 0.15) is 44.4 Å². The molecule has 0 bridgehead atoms. The van der Waals surface area contributed by atoms with Gasteiger partial charge in [-0.3, -0.25) is 19.5 Å². The van der Waals surface area contributed by atoms with Crippen LogP contribution in [0.25, 0.3) is 0 Å². The van der Waals surface area contributed by atoms with Gasteiger partial charge in [-0.05, 0) is 36.6 Å². The van der Waals surface area contributed by atoms with Gasteiger partial charge in [-0.2, -0.15) is 0 Å². The van der Waals surface area contributed by atoms with Gasteiger partial charge in [-0.1, -0.05) is 31.2 Å². The third-order valence-electron chi connectivity index (χ3n) is 5.55. The number of carbonyl (C=O) groups excluding carboxylic acids is 2. The Bertz CT molecular complexity index is 840. The second-order valence-electron chi connectivity index (χ2n) is 7.77. The third-order valence-corrected chi connectivity index (χ3v) is 5.55. The summed E-state index contributed by atoms with van der Waals surface area (Å²) in [5.41, 5.74) is 2.98. The van der Waals surface area contributed by atoms with Crippen molar-refractivity contribution in [1.29, 1.82) is 0 Å². The fourth-order valence-electron chi connectivity index (χ4n) is 4.00. The number of para-hydroxylation sites is 1. The molecule has 2 heterocycles. The van der Waals surface area contributed by atoms with Crippen molar-refractivity contribution in [2.45, 2.75) is 46.2 Å². The molecule has 160 valence electrons. The lowest BCUT2D eigenvalue weighted by Gasteiger charge is -2.31. The van der Waals surface area contributed by atoms with E-state index in [1.165, 1.54) is 0 Å². The normalized spacial score (nSPS) is 16.3. The summed E-state index contributed by atoms with van der Waals surface area (Å²) in [4.78, 5) is 35.7. The summed E-state index contributed by atoms with van der Waals surface area (Å²) in [5.74, 6) is 0.177. The topological polar surface area (TPSA) is 56.8 Å². The molecule has 0 unspecified atom stereocenters. The summed E-state index contributed by atoms with van der Waals surface area (Å²) in [5, 5.41) is 0. The number of anilines is 1. The van der Waals surface area contributed by atoms with Gasteiger partial charge in [0.15, 0.2) is 0 Å². The van der Waals surface area contributed by atoms with Gasteiger partial charge in [0.1, 0.15) is 0 Å². The lowest BCUT2D eigenvalue weighted by Crippen LogP contribution is -2.38. The lowest BCUT2D eigenvalue weighted by atomic mass is 10.1. The first-order chi connectivity index (χ1) is 14.6. The van der Waals surface area contributed by atoms with Crippen molar-refractivity contribution in [2.75, 3.05) is 31.1 Å². The zero-order valence-electron chi connectivity index (χ0n) is 18.1. The molecule has 1 aliphatic heterocycles. The minimum Gasteiger partial charge on any atom is -0.338 e. The summed E-state index contributed by atoms with van der Waals surface area (Å²) in [6, 6.07) is 13.9. The quantitative estimate of drug-likeness (QED) is 0.780. The van der Waals surface area contributed by atoms with Gasteiger partial charge < -0.3 is 9.80 Å². The molecule has 0 fully saturated rings. The van der Waals surface area contributed by atoms with Crippen molar-refractivity contribution in [2.24, 2.45) is 0 Å². The SMILES string of the molecule is CCC(=O)N1CCCN(Cc2ccccn2)CCCN(C(C)=O)c2ccccc2C1. The maximum Gasteiger partial charge on any atom is 0.223 e. The second kappa shape index (κ2) is 10.9. The molecule has 0 atom stereocenters. The molecule has 1 aromatic carbocycles. The Kier molecular flexibility index (Phi) is 7.97. The maximum atomic E-state index is 12.6. The average Bonchev–Trinajstić information content (AvgIpc) is 2.75. The Morgan fingerprint density at radius 1 is 0.967 bits per heavy atom. The highest BCUT2D eigenvalue weighted by Gasteiger charge is 2.20. The predicted molar refractivity (Wildman–Crippen MR) is 119 cm³/mol. The highest BCUT2D eigenvalue weighted by molar-refractivity contribution is 5.92. The molecule has 1 aliphatic rings. The molecule has 0 aliphatic carbocycles. The van der Waals surface area contributed by atoms with Gasteiger partial charge in [-0.25, -0.2) is 0 Å². The lowest BCUT2D eigenvalue weighted by molar-refractivity contribution is -0.131. The van der Waals surface area contributed by atoms with E-state index in [9.17, 15) is 9.59 Å². The van der Waals surface area contributed by atoms with Crippen molar-refractivity contribution in [3.63, 3.8) is 0 Å². The molecule has 0 saturated heterocycles. The van der Waals surface area contributed by atoms with Gasteiger partial charge >= 0.3 is 0 Å². The van der Waals surface area contributed by atoms with E-state index >= 15 is 0 Å². The molecule has 6 nitrogen and oxygen atoms in total. The number of benzene rings is 1. The fourth-order valence-corrected chi connectivity index (χ4v) is 4.00. The first-order valence-corrected chi connectivity index (χ1v) is 10.8. The van der Waals surface area contributed by atoms with Crippen LogP contribution >= 0.6 is 0 Å². The summed E-state index contributed by atoms with van der Waals surface area (Å²) in [7, 11) is 0. The Morgan fingerprint density at radius 3 is 2.40 bits per heavy atom. The molecule has 3 rings (SSSR count). The van der Waals surface area contributed by atoms with Crippen LogP contribution in [0.4, 0.5) is 5.69 Å². The summed E-state index contributed by atoms with van der Waals surface area (Å²) in [6.07, 6.45) is 4.10. The number of pyridine rings is 1. The van der Waals surface area contributed by atoms with Gasteiger partial charge in [0.05, 0.1) is 5.69 Å². The number of amides is 2. The van der Waals surface area contributed by atoms with E-state index in [4.69, 9.17) is 0 Å². The van der Waals surface area contributed by atoms with Crippen LogP contribution in [0.5, 0.6) is 0 Å². The number of hydrogen-bond donors (Lipinski definition) is 0. The van der Waals surface area contributed by atoms with E-state index in [-0.39, 0.29) is 11.8 Å². The molecule has 0 N–H and O–H groups in total. The third kappa shape index (κ3) is 5.89. The van der Waals surface area contributed by atoms with Crippen molar-refractivity contribution >= 4 is 17.5 Å². The van der Waals surface area contributed by atoms with E-state index < -0.39 is 0 Å². The van der Waals surface area contributed by atoms with Crippen LogP contribution in [-0.4, -0.2) is 52.8 Å². The van der Waals surface area contributed by atoms with Crippen molar-refractivity contribution < 1.29 is 9.59 Å². The number of carbonyl (C=O) groups is 2. The van der Waals surface area contributed by atoms with Crippen LogP contribution in [0.15, 0.2) is 48.7 Å². The zero-order chi connectivity index (χ0) is 21.3. The fraction of sp³-hybridized carbons (Fsp3) is 0.458. The van der Waals surface area contributed by atoms with Crippen LogP contribution < -0.4 is 4.90 Å². The van der Waals surface area contributed by atoms with E-state index in [0.717, 1.165) is 49.4 Å². The molecule has 2 amide bonds. The number of nitrogens with zero attached hydrogens (tertiary/aromatic N) is 4. The number of aromatic nitrogens is 1. The van der Waals surface area contributed by atoms with Crippen LogP contribution in [0, 0.1) is 0 Å². The Morgan fingerprint density at radius 2 is 1.70 bits per heavy atom. The first-order valence-electron chi connectivity index (χ1n) is 10.8. The van der Waals surface area contributed by atoms with E-state index in [1.54, 1.807) is 6.92 Å². The molecule has 0 radical (unpaired) electrons. The van der Waals surface area contributed by atoms with Crippen LogP contribution in [0.3, 0.4) is 0 Å². The molecule has 1 aromatic heterocycles. The monoisotopic (exact) mass is 408 g/mol. The highest BCUT2D eigenvalue weighted by atomic mass is 16.2. The molecule has 30 heavy (non-hydrogen) atoms. The highest BCUT2D eigenvalue weighted by Crippen LogP contribution is 2.24. The van der Waals surface area contributed by atoms with Crippen molar-refractivity contribution in [3.05, 3.63) is 59.9 Å². The van der Waals surface area contributed by atoms with Gasteiger partial charge in [0, 0.05) is 64.5 Å². The summed E-state index contributed by atoms with van der Waals surface area (Å²) < 4.78 is 0. The number of hydrogen-bond acceptors (Lipinski definition) is 4. The smallest absolute Gasteiger partial charge is 0.223 e. The van der Waals surface area contributed by atoms with E-state index in [1.807, 2.05) is 65.4 Å². The molecule has 0 spiro atoms. The Hall–Kier alpha value is -2.73. The Labute approximate surface area is 179 Å². The van der Waals surface area contributed by atoms with E-state index in [0.29, 0.717) is 26.1 Å². The summed E-state index contributed by atoms with van der Waals surface area (Å²) >= 11 is 0. The maximum absolute atomic E-state index is 12.6. The van der Waals surface area contributed by atoms with Crippen molar-refractivity contribution in [1.82, 2.24) is 14.8 Å². The van der Waals surface area contributed by atoms with Crippen molar-refractivity contribution in [3.8, 4) is 0 Å². The first kappa shape index (κ1) is 22.0. The average molecular weight is 409 g/mol. The molecular formula is C24H32N4O2. The minimum absolute atomic E-state index is 0.0316. The van der Waals surface area contributed by atoms with Gasteiger partial charge in [0.25, 0.3) is 0 Å². The van der Waals surface area contributed by atoms with E-state index in [2.05, 4.69) is 9.88 Å². The standard InChI is InChI=1S/C24H32N4O2/c1-3-24(30)27-16-8-14-26(19-22-11-6-7-13-25-22)15-9-17-28(20(2)29)23-12-5-4-10-21(23)18-27/h4-7,10-13H,3,8-9,14-19H2,1-2H3. The zero-order valence-corrected chi connectivity index (χ0v) is 18.1. The second-order valence-corrected chi connectivity index (χ2v) is 7.77. The molecule has 6 heteroatoms. The molecular weight excluding hydrogens is 376 g/mol. The number of fused-ring (bicyclic) bond motifs is 1. The largest absolute Gasteiger partial charge is 0.338 e. The van der Waals surface area contributed by atoms with Gasteiger partial charge in [0.2, 0.25) is 11.8 Å². The van der Waals surface area contributed by atoms with Crippen LogP contribution in [-0.2, 0) is 22.7 Å². The Balaban J connectivity index is 1.84. The van der Waals surface area contributed by atoms with Gasteiger partial charge in [-0.15, -0.1) is 0 Å². The summed E-state index contributed by atoms with van der Waals surface area (Å²) in [6.45, 7) is 7.97. The molecule has 0 saturated carbocycles. The minimum atomic E-state index is 0.0316.